The van der Waals surface area contributed by atoms with Gasteiger partial charge in [0.1, 0.15) is 42.7 Å². The average molecular weight is 799 g/mol. The Morgan fingerprint density at radius 2 is 1.48 bits per heavy atom. The van der Waals surface area contributed by atoms with Crippen LogP contribution in [0.25, 0.3) is 0 Å². The molecule has 0 aromatic heterocycles. The summed E-state index contributed by atoms with van der Waals surface area (Å²) in [6.45, 7) is 13.4. The lowest BCUT2D eigenvalue weighted by Crippen LogP contribution is -2.63. The number of esters is 1. The zero-order valence-electron chi connectivity index (χ0n) is 34.9. The lowest BCUT2D eigenvalue weighted by molar-refractivity contribution is -0.358. The SMILES string of the molecule is CO[C@@H]1[C@@H](OC)[C@H](O[C@H]2[C@H](OC)[C@H](O[C@@H]3C[C@@H]4CC(=O)[C@]5(O)O[C@H](C[C@H]5C)C(C)(C)[C@@H](/C=C/C=C/C(C)C)OC(=O)C[C@H](O4)[C@@H]3C)OC[C@H]2O)O[C@H](C)[C@H]1OC. The summed E-state index contributed by atoms with van der Waals surface area (Å²) < 4.78 is 67.2. The smallest absolute Gasteiger partial charge is 0.309 e. The number of ether oxygens (including phenoxy) is 11. The van der Waals surface area contributed by atoms with Gasteiger partial charge in [0.25, 0.3) is 0 Å². The van der Waals surface area contributed by atoms with Gasteiger partial charge in [-0.05, 0) is 25.3 Å². The van der Waals surface area contributed by atoms with Gasteiger partial charge in [0, 0.05) is 58.5 Å². The van der Waals surface area contributed by atoms with Gasteiger partial charge >= 0.3 is 5.97 Å². The number of methoxy groups -OCH3 is 4. The van der Waals surface area contributed by atoms with Crippen molar-refractivity contribution < 1.29 is 71.9 Å². The molecule has 2 N–H and O–H groups in total. The van der Waals surface area contributed by atoms with Crippen molar-refractivity contribution in [1.82, 2.24) is 0 Å². The molecule has 0 radical (unpaired) electrons. The first-order valence-corrected chi connectivity index (χ1v) is 20.0. The number of cyclic esters (lactones) is 1. The lowest BCUT2D eigenvalue weighted by Gasteiger charge is -2.48. The Bertz CT molecular complexity index is 1370. The Morgan fingerprint density at radius 3 is 2.12 bits per heavy atom. The van der Waals surface area contributed by atoms with Gasteiger partial charge in [-0.3, -0.25) is 9.59 Å². The second-order valence-corrected chi connectivity index (χ2v) is 17.0. The predicted octanol–water partition coefficient (Wildman–Crippen LogP) is 3.26. The molecule has 15 nitrogen and oxygen atoms in total. The highest BCUT2D eigenvalue weighted by Crippen LogP contribution is 2.46. The molecule has 0 saturated carbocycles. The van der Waals surface area contributed by atoms with Crippen molar-refractivity contribution in [2.45, 2.75) is 166 Å². The first kappa shape index (κ1) is 45.2. The molecule has 5 aliphatic rings. The third kappa shape index (κ3) is 9.61. The third-order valence-corrected chi connectivity index (χ3v) is 12.3. The van der Waals surface area contributed by atoms with Crippen molar-refractivity contribution >= 4 is 11.8 Å². The van der Waals surface area contributed by atoms with Crippen molar-refractivity contribution in [2.75, 3.05) is 35.0 Å². The van der Waals surface area contributed by atoms with Crippen molar-refractivity contribution in [2.24, 2.45) is 23.2 Å². The van der Waals surface area contributed by atoms with E-state index in [1.807, 2.05) is 52.0 Å². The number of Topliss-reactive ketones (excluding diaryl/α,β-unsaturated/α-hetero) is 1. The number of allylic oxidation sites excluding steroid dienone is 3. The van der Waals surface area contributed by atoms with Gasteiger partial charge in [0.15, 0.2) is 18.4 Å². The molecule has 0 unspecified atom stereocenters. The summed E-state index contributed by atoms with van der Waals surface area (Å²) in [5.41, 5.74) is -0.797. The minimum Gasteiger partial charge on any atom is -0.457 e. The molecule has 5 rings (SSSR count). The number of ketones is 1. The Hall–Kier alpha value is -1.86. The second-order valence-electron chi connectivity index (χ2n) is 17.0. The average Bonchev–Trinajstić information content (AvgIpc) is 3.47. The van der Waals surface area contributed by atoms with Gasteiger partial charge in [-0.15, -0.1) is 0 Å². The Morgan fingerprint density at radius 1 is 0.821 bits per heavy atom. The van der Waals surface area contributed by atoms with Crippen LogP contribution in [0.4, 0.5) is 0 Å². The maximum atomic E-state index is 14.0. The molecular weight excluding hydrogens is 732 g/mol. The fraction of sp³-hybridized carbons (Fsp3) is 0.854. The number of hydrogen-bond donors (Lipinski definition) is 2. The van der Waals surface area contributed by atoms with E-state index in [4.69, 9.17) is 52.1 Å². The number of carbonyl (C=O) groups excluding carboxylic acids is 2. The molecule has 0 amide bonds. The fourth-order valence-electron chi connectivity index (χ4n) is 8.66. The molecule has 0 spiro atoms. The topological polar surface area (TPSA) is 176 Å². The molecule has 320 valence electrons. The summed E-state index contributed by atoms with van der Waals surface area (Å²) in [5.74, 6) is -3.62. The minimum atomic E-state index is -2.05. The summed E-state index contributed by atoms with van der Waals surface area (Å²) >= 11 is 0. The zero-order chi connectivity index (χ0) is 41.1. The third-order valence-electron chi connectivity index (χ3n) is 12.3. The predicted molar refractivity (Wildman–Crippen MR) is 200 cm³/mol. The Labute approximate surface area is 331 Å². The quantitative estimate of drug-likeness (QED) is 0.230. The monoisotopic (exact) mass is 798 g/mol. The maximum Gasteiger partial charge on any atom is 0.309 e. The van der Waals surface area contributed by atoms with Crippen molar-refractivity contribution in [3.05, 3.63) is 24.3 Å². The van der Waals surface area contributed by atoms with Crippen LogP contribution in [0.15, 0.2) is 24.3 Å². The summed E-state index contributed by atoms with van der Waals surface area (Å²) in [4.78, 5) is 27.8. The molecule has 0 aromatic carbocycles. The molecule has 15 heteroatoms. The van der Waals surface area contributed by atoms with Gasteiger partial charge in [-0.25, -0.2) is 0 Å². The molecule has 5 heterocycles. The van der Waals surface area contributed by atoms with E-state index in [1.54, 1.807) is 21.1 Å². The van der Waals surface area contributed by atoms with E-state index in [9.17, 15) is 19.8 Å². The fourth-order valence-corrected chi connectivity index (χ4v) is 8.66. The normalized spacial score (nSPS) is 45.1. The molecule has 0 aromatic rings. The van der Waals surface area contributed by atoms with Crippen LogP contribution in [-0.4, -0.2) is 149 Å². The number of rotatable bonds is 11. The summed E-state index contributed by atoms with van der Waals surface area (Å²) in [5, 5.41) is 23.0. The molecule has 5 saturated heterocycles. The van der Waals surface area contributed by atoms with E-state index in [-0.39, 0.29) is 31.8 Å². The zero-order valence-corrected chi connectivity index (χ0v) is 34.9. The number of aliphatic hydroxyl groups is 2. The van der Waals surface area contributed by atoms with E-state index in [0.29, 0.717) is 12.3 Å². The first-order chi connectivity index (χ1) is 26.5. The highest BCUT2D eigenvalue weighted by molar-refractivity contribution is 5.86. The van der Waals surface area contributed by atoms with E-state index < -0.39 is 115 Å². The Balaban J connectivity index is 1.39. The molecule has 5 aliphatic heterocycles. The standard InChI is InChI=1S/C41H66O15/c1-21(2)14-12-13-15-30-40(6,7)31-16-22(3)41(45,56-31)29(43)18-25-17-27(23(4)28(52-25)19-32(44)54-30)53-38-36(48-10)34(26(42)20-50-38)55-39-37(49-11)35(47-9)33(46-8)24(5)51-39/h12-15,21-28,30-31,33-39,42,45H,16-20H2,1-11H3/b14-12+,15-13+/t22-,23-,24-,25-,26-,27-,28+,30-,31-,33-,34-,35+,36+,37-,38+,39+,41-/m1/s1. The maximum absolute atomic E-state index is 14.0. The van der Waals surface area contributed by atoms with E-state index in [1.165, 1.54) is 14.2 Å². The van der Waals surface area contributed by atoms with Crippen LogP contribution in [0, 0.1) is 23.2 Å². The minimum absolute atomic E-state index is 0.109. The van der Waals surface area contributed by atoms with Crippen LogP contribution >= 0.6 is 0 Å². The van der Waals surface area contributed by atoms with Crippen molar-refractivity contribution in [3.63, 3.8) is 0 Å². The molecule has 17 atom stereocenters. The largest absolute Gasteiger partial charge is 0.457 e. The van der Waals surface area contributed by atoms with Crippen LogP contribution in [0.3, 0.4) is 0 Å². The van der Waals surface area contributed by atoms with Crippen LogP contribution < -0.4 is 0 Å². The van der Waals surface area contributed by atoms with Gasteiger partial charge < -0.3 is 62.3 Å². The molecular formula is C41H66O15. The van der Waals surface area contributed by atoms with E-state index in [0.717, 1.165) is 0 Å². The van der Waals surface area contributed by atoms with Crippen molar-refractivity contribution in [3.8, 4) is 0 Å². The van der Waals surface area contributed by atoms with Gasteiger partial charge in [0.2, 0.25) is 5.79 Å². The van der Waals surface area contributed by atoms with E-state index in [2.05, 4.69) is 13.8 Å². The first-order valence-electron chi connectivity index (χ1n) is 20.0. The second kappa shape index (κ2) is 19.0. The summed E-state index contributed by atoms with van der Waals surface area (Å²) in [6, 6.07) is 0. The highest BCUT2D eigenvalue weighted by Gasteiger charge is 2.57. The summed E-state index contributed by atoms with van der Waals surface area (Å²) in [7, 11) is 6.11. The Kier molecular flexibility index (Phi) is 15.4. The van der Waals surface area contributed by atoms with Crippen LogP contribution in [-0.2, 0) is 61.7 Å². The highest BCUT2D eigenvalue weighted by atomic mass is 16.8. The van der Waals surface area contributed by atoms with Gasteiger partial charge in [-0.2, -0.15) is 0 Å². The van der Waals surface area contributed by atoms with E-state index >= 15 is 0 Å². The van der Waals surface area contributed by atoms with Crippen LogP contribution in [0.5, 0.6) is 0 Å². The molecule has 56 heavy (non-hydrogen) atoms. The molecule has 0 aliphatic carbocycles. The number of hydrogen-bond acceptors (Lipinski definition) is 15. The molecule has 5 fully saturated rings. The number of fused-ring (bicyclic) bond motifs is 4. The number of carbonyl (C=O) groups is 2. The lowest BCUT2D eigenvalue weighted by atomic mass is 9.77. The van der Waals surface area contributed by atoms with Crippen molar-refractivity contribution in [1.29, 1.82) is 0 Å². The summed E-state index contributed by atoms with van der Waals surface area (Å²) in [6.07, 6.45) is -2.52. The van der Waals surface area contributed by atoms with Gasteiger partial charge in [-0.1, -0.05) is 59.8 Å². The van der Waals surface area contributed by atoms with Gasteiger partial charge in [0.05, 0.1) is 43.5 Å². The van der Waals surface area contributed by atoms with Crippen LogP contribution in [0.2, 0.25) is 0 Å². The number of aliphatic hydroxyl groups excluding tert-OH is 1. The molecule has 4 bridgehead atoms. The van der Waals surface area contributed by atoms with Crippen LogP contribution in [0.1, 0.15) is 74.1 Å².